The summed E-state index contributed by atoms with van der Waals surface area (Å²) >= 11 is 5.99. The third kappa shape index (κ3) is 4.03. The van der Waals surface area contributed by atoms with Crippen molar-refractivity contribution in [1.29, 1.82) is 0 Å². The fraction of sp³-hybridized carbons (Fsp3) is 0.143. The molecule has 3 aromatic rings. The van der Waals surface area contributed by atoms with Gasteiger partial charge in [-0.15, -0.1) is 0 Å². The predicted molar refractivity (Wildman–Crippen MR) is 102 cm³/mol. The van der Waals surface area contributed by atoms with Gasteiger partial charge < -0.3 is 19.5 Å². The van der Waals surface area contributed by atoms with Crippen LogP contribution in [-0.4, -0.2) is 6.79 Å². The molecule has 0 radical (unpaired) electrons. The molecule has 1 aliphatic heterocycles. The molecule has 3 aromatic carbocycles. The first kappa shape index (κ1) is 16.6. The third-order valence-corrected chi connectivity index (χ3v) is 4.32. The normalized spacial score (nSPS) is 12.0. The summed E-state index contributed by atoms with van der Waals surface area (Å²) in [5.41, 5.74) is 3.21. The summed E-state index contributed by atoms with van der Waals surface area (Å²) in [7, 11) is 0. The average Bonchev–Trinajstić information content (AvgIpc) is 3.13. The number of fused-ring (bicyclic) bond motifs is 1. The smallest absolute Gasteiger partial charge is 0.231 e. The van der Waals surface area contributed by atoms with Gasteiger partial charge in [-0.1, -0.05) is 35.9 Å². The van der Waals surface area contributed by atoms with Gasteiger partial charge in [-0.3, -0.25) is 0 Å². The van der Waals surface area contributed by atoms with Crippen molar-refractivity contribution in [2.45, 2.75) is 13.2 Å². The van der Waals surface area contributed by atoms with Crippen molar-refractivity contribution in [3.63, 3.8) is 0 Å². The molecule has 0 amide bonds. The first-order valence-electron chi connectivity index (χ1n) is 8.36. The van der Waals surface area contributed by atoms with Crippen molar-refractivity contribution in [3.05, 3.63) is 82.9 Å². The van der Waals surface area contributed by atoms with Crippen molar-refractivity contribution in [3.8, 4) is 17.2 Å². The van der Waals surface area contributed by atoms with Crippen LogP contribution in [0.25, 0.3) is 0 Å². The molecule has 132 valence electrons. The second-order valence-electron chi connectivity index (χ2n) is 5.98. The van der Waals surface area contributed by atoms with Crippen LogP contribution in [-0.2, 0) is 13.2 Å². The van der Waals surface area contributed by atoms with Crippen LogP contribution in [0.4, 0.5) is 5.69 Å². The molecule has 1 heterocycles. The Kier molecular flexibility index (Phi) is 4.84. The summed E-state index contributed by atoms with van der Waals surface area (Å²) in [4.78, 5) is 0. The van der Waals surface area contributed by atoms with Gasteiger partial charge in [0.25, 0.3) is 0 Å². The van der Waals surface area contributed by atoms with Crippen LogP contribution in [0, 0.1) is 0 Å². The van der Waals surface area contributed by atoms with Crippen LogP contribution < -0.4 is 19.5 Å². The number of hydrogen-bond acceptors (Lipinski definition) is 4. The molecule has 4 rings (SSSR count). The quantitative estimate of drug-likeness (QED) is 0.645. The largest absolute Gasteiger partial charge is 0.489 e. The SMILES string of the molecule is Clc1cccc(COc2ccc(CNc3ccc4c(c3)OCO4)cc2)c1. The Bertz CT molecular complexity index is 896. The van der Waals surface area contributed by atoms with Crippen molar-refractivity contribution in [2.24, 2.45) is 0 Å². The topological polar surface area (TPSA) is 39.7 Å². The van der Waals surface area contributed by atoms with E-state index in [1.165, 1.54) is 0 Å². The van der Waals surface area contributed by atoms with Crippen molar-refractivity contribution in [1.82, 2.24) is 0 Å². The zero-order chi connectivity index (χ0) is 17.8. The number of benzene rings is 3. The summed E-state index contributed by atoms with van der Waals surface area (Å²) in [5, 5.41) is 4.10. The van der Waals surface area contributed by atoms with Gasteiger partial charge in [0.1, 0.15) is 12.4 Å². The lowest BCUT2D eigenvalue weighted by atomic mass is 10.2. The minimum atomic E-state index is 0.287. The van der Waals surface area contributed by atoms with E-state index in [1.807, 2.05) is 66.7 Å². The van der Waals surface area contributed by atoms with E-state index in [2.05, 4.69) is 5.32 Å². The number of hydrogen-bond donors (Lipinski definition) is 1. The highest BCUT2D eigenvalue weighted by atomic mass is 35.5. The monoisotopic (exact) mass is 367 g/mol. The Morgan fingerprint density at radius 2 is 1.73 bits per heavy atom. The van der Waals surface area contributed by atoms with Crippen molar-refractivity contribution in [2.75, 3.05) is 12.1 Å². The molecule has 0 spiro atoms. The van der Waals surface area contributed by atoms with Gasteiger partial charge in [-0.2, -0.15) is 0 Å². The molecule has 1 N–H and O–H groups in total. The second kappa shape index (κ2) is 7.58. The number of rotatable bonds is 6. The van der Waals surface area contributed by atoms with E-state index in [1.54, 1.807) is 0 Å². The Balaban J connectivity index is 1.31. The molecule has 0 unspecified atom stereocenters. The van der Waals surface area contributed by atoms with E-state index in [4.69, 9.17) is 25.8 Å². The van der Waals surface area contributed by atoms with Gasteiger partial charge >= 0.3 is 0 Å². The molecular weight excluding hydrogens is 350 g/mol. The van der Waals surface area contributed by atoms with Gasteiger partial charge in [0, 0.05) is 23.3 Å². The van der Waals surface area contributed by atoms with Gasteiger partial charge in [-0.05, 0) is 47.5 Å². The van der Waals surface area contributed by atoms with Gasteiger partial charge in [0.15, 0.2) is 11.5 Å². The molecular formula is C21H18ClNO3. The van der Waals surface area contributed by atoms with Crippen LogP contribution in [0.5, 0.6) is 17.2 Å². The van der Waals surface area contributed by atoms with Crippen LogP contribution >= 0.6 is 11.6 Å². The number of halogens is 1. The lowest BCUT2D eigenvalue weighted by Crippen LogP contribution is -2.00. The number of nitrogens with one attached hydrogen (secondary N) is 1. The van der Waals surface area contributed by atoms with Crippen LogP contribution in [0.15, 0.2) is 66.7 Å². The molecule has 0 aliphatic carbocycles. The minimum absolute atomic E-state index is 0.287. The third-order valence-electron chi connectivity index (χ3n) is 4.09. The second-order valence-corrected chi connectivity index (χ2v) is 6.42. The van der Waals surface area contributed by atoms with Crippen molar-refractivity contribution >= 4 is 17.3 Å². The molecule has 0 saturated heterocycles. The van der Waals surface area contributed by atoms with Gasteiger partial charge in [0.05, 0.1) is 0 Å². The summed E-state index contributed by atoms with van der Waals surface area (Å²) in [6.45, 7) is 1.50. The van der Waals surface area contributed by atoms with Crippen molar-refractivity contribution < 1.29 is 14.2 Å². The molecule has 26 heavy (non-hydrogen) atoms. The molecule has 0 bridgehead atoms. The predicted octanol–water partition coefficient (Wildman–Crippen LogP) is 5.26. The Morgan fingerprint density at radius 3 is 2.58 bits per heavy atom. The summed E-state index contributed by atoms with van der Waals surface area (Å²) in [6, 6.07) is 21.6. The summed E-state index contributed by atoms with van der Waals surface area (Å²) in [5.74, 6) is 2.40. The van der Waals surface area contributed by atoms with Crippen LogP contribution in [0.3, 0.4) is 0 Å². The minimum Gasteiger partial charge on any atom is -0.489 e. The standard InChI is InChI=1S/C21H18ClNO3/c22-17-3-1-2-16(10-17)13-24-19-7-4-15(5-8-19)12-23-18-6-9-20-21(11-18)26-14-25-20/h1-11,23H,12-14H2. The lowest BCUT2D eigenvalue weighted by molar-refractivity contribution is 0.174. The van der Waals surface area contributed by atoms with E-state index in [0.717, 1.165) is 39.1 Å². The summed E-state index contributed by atoms with van der Waals surface area (Å²) < 4.78 is 16.5. The van der Waals surface area contributed by atoms with E-state index in [9.17, 15) is 0 Å². The van der Waals surface area contributed by atoms with Crippen LogP contribution in [0.1, 0.15) is 11.1 Å². The summed E-state index contributed by atoms with van der Waals surface area (Å²) in [6.07, 6.45) is 0. The molecule has 0 saturated carbocycles. The van der Waals surface area contributed by atoms with Gasteiger partial charge in [-0.25, -0.2) is 0 Å². The molecule has 0 aromatic heterocycles. The number of ether oxygens (including phenoxy) is 3. The zero-order valence-electron chi connectivity index (χ0n) is 14.1. The van der Waals surface area contributed by atoms with Gasteiger partial charge in [0.2, 0.25) is 6.79 Å². The maximum atomic E-state index is 5.99. The Hall–Kier alpha value is -2.85. The zero-order valence-corrected chi connectivity index (χ0v) is 14.8. The van der Waals surface area contributed by atoms with E-state index in [0.29, 0.717) is 13.2 Å². The lowest BCUT2D eigenvalue weighted by Gasteiger charge is -2.09. The highest BCUT2D eigenvalue weighted by Crippen LogP contribution is 2.34. The maximum absolute atomic E-state index is 5.99. The molecule has 1 aliphatic rings. The molecule has 5 heteroatoms. The Morgan fingerprint density at radius 1 is 0.885 bits per heavy atom. The van der Waals surface area contributed by atoms with E-state index >= 15 is 0 Å². The molecule has 0 atom stereocenters. The molecule has 0 fully saturated rings. The van der Waals surface area contributed by atoms with E-state index in [-0.39, 0.29) is 6.79 Å². The first-order chi connectivity index (χ1) is 12.8. The molecule has 4 nitrogen and oxygen atoms in total. The fourth-order valence-electron chi connectivity index (χ4n) is 2.71. The fourth-order valence-corrected chi connectivity index (χ4v) is 2.92. The number of anilines is 1. The van der Waals surface area contributed by atoms with E-state index < -0.39 is 0 Å². The Labute approximate surface area is 157 Å². The highest BCUT2D eigenvalue weighted by molar-refractivity contribution is 6.30. The maximum Gasteiger partial charge on any atom is 0.231 e. The van der Waals surface area contributed by atoms with Crippen LogP contribution in [0.2, 0.25) is 5.02 Å². The average molecular weight is 368 g/mol. The first-order valence-corrected chi connectivity index (χ1v) is 8.74. The highest BCUT2D eigenvalue weighted by Gasteiger charge is 2.12.